The van der Waals surface area contributed by atoms with E-state index in [-0.39, 0.29) is 11.9 Å². The van der Waals surface area contributed by atoms with Crippen LogP contribution in [0.25, 0.3) is 0 Å². The lowest BCUT2D eigenvalue weighted by Crippen LogP contribution is -2.38. The number of hydrogen-bond acceptors (Lipinski definition) is 3. The predicted molar refractivity (Wildman–Crippen MR) is 77.7 cm³/mol. The molecule has 1 N–H and O–H groups in total. The Morgan fingerprint density at radius 3 is 2.63 bits per heavy atom. The fourth-order valence-electron chi connectivity index (χ4n) is 1.86. The van der Waals surface area contributed by atoms with Gasteiger partial charge in [0.15, 0.2) is 0 Å². The third-order valence-corrected chi connectivity index (χ3v) is 2.91. The number of carbonyl (C=O) groups is 1. The van der Waals surface area contributed by atoms with E-state index in [0.29, 0.717) is 19.0 Å². The van der Waals surface area contributed by atoms with Crippen LogP contribution in [0.5, 0.6) is 0 Å². The van der Waals surface area contributed by atoms with Crippen molar-refractivity contribution in [3.05, 3.63) is 30.1 Å². The maximum atomic E-state index is 12.2. The highest BCUT2D eigenvalue weighted by atomic mass is 16.2. The number of rotatable bonds is 7. The monoisotopic (exact) mass is 263 g/mol. The molecular formula is C15H25N3O. The molecule has 0 aliphatic heterocycles. The van der Waals surface area contributed by atoms with Crippen LogP contribution in [0.3, 0.4) is 0 Å². The van der Waals surface area contributed by atoms with E-state index in [0.717, 1.165) is 12.1 Å². The predicted octanol–water partition coefficient (Wildman–Crippen LogP) is 2.21. The van der Waals surface area contributed by atoms with Gasteiger partial charge in [-0.3, -0.25) is 9.78 Å². The molecule has 0 radical (unpaired) electrons. The van der Waals surface area contributed by atoms with Crippen LogP contribution < -0.4 is 5.32 Å². The molecule has 19 heavy (non-hydrogen) atoms. The van der Waals surface area contributed by atoms with Crippen LogP contribution in [0, 0.1) is 0 Å². The Labute approximate surface area is 116 Å². The second-order valence-corrected chi connectivity index (χ2v) is 5.34. The molecule has 0 fully saturated rings. The fraction of sp³-hybridized carbons (Fsp3) is 0.600. The van der Waals surface area contributed by atoms with Crippen LogP contribution in [0.1, 0.15) is 39.7 Å². The van der Waals surface area contributed by atoms with Gasteiger partial charge in [-0.2, -0.15) is 0 Å². The lowest BCUT2D eigenvalue weighted by atomic mass is 10.2. The molecule has 0 spiro atoms. The summed E-state index contributed by atoms with van der Waals surface area (Å²) in [5.74, 6) is 0.187. The molecule has 4 nitrogen and oxygen atoms in total. The Kier molecular flexibility index (Phi) is 6.50. The van der Waals surface area contributed by atoms with Gasteiger partial charge in [-0.25, -0.2) is 0 Å². The van der Waals surface area contributed by atoms with Gasteiger partial charge in [0.05, 0.1) is 0 Å². The summed E-state index contributed by atoms with van der Waals surface area (Å²) < 4.78 is 0. The van der Waals surface area contributed by atoms with Crippen LogP contribution in [0.4, 0.5) is 0 Å². The average molecular weight is 263 g/mol. The summed E-state index contributed by atoms with van der Waals surface area (Å²) in [5.41, 5.74) is 1.07. The molecule has 0 unspecified atom stereocenters. The Balaban J connectivity index is 2.55. The van der Waals surface area contributed by atoms with Crippen LogP contribution >= 0.6 is 0 Å². The van der Waals surface area contributed by atoms with E-state index in [1.807, 2.05) is 37.1 Å². The maximum absolute atomic E-state index is 12.2. The first kappa shape index (κ1) is 15.6. The lowest BCUT2D eigenvalue weighted by molar-refractivity contribution is -0.133. The van der Waals surface area contributed by atoms with Crippen molar-refractivity contribution in [2.45, 2.75) is 52.7 Å². The second kappa shape index (κ2) is 7.89. The van der Waals surface area contributed by atoms with Crippen molar-refractivity contribution in [3.8, 4) is 0 Å². The van der Waals surface area contributed by atoms with Crippen LogP contribution in [0.15, 0.2) is 24.5 Å². The molecule has 1 rings (SSSR count). The molecule has 0 saturated heterocycles. The average Bonchev–Trinajstić information content (AvgIpc) is 2.36. The first-order valence-electron chi connectivity index (χ1n) is 6.92. The van der Waals surface area contributed by atoms with Crippen molar-refractivity contribution in [2.75, 3.05) is 6.54 Å². The molecule has 1 heterocycles. The number of hydrogen-bond donors (Lipinski definition) is 1. The molecule has 1 amide bonds. The van der Waals surface area contributed by atoms with E-state index in [1.54, 1.807) is 6.20 Å². The molecule has 106 valence electrons. The first-order valence-corrected chi connectivity index (χ1v) is 6.92. The van der Waals surface area contributed by atoms with Gasteiger partial charge in [0, 0.05) is 44.0 Å². The zero-order chi connectivity index (χ0) is 14.3. The van der Waals surface area contributed by atoms with Crippen LogP contribution in [0.2, 0.25) is 0 Å². The highest BCUT2D eigenvalue weighted by molar-refractivity contribution is 5.76. The van der Waals surface area contributed by atoms with Crippen molar-refractivity contribution >= 4 is 5.91 Å². The van der Waals surface area contributed by atoms with Gasteiger partial charge in [-0.15, -0.1) is 0 Å². The minimum absolute atomic E-state index is 0.187. The van der Waals surface area contributed by atoms with Gasteiger partial charge < -0.3 is 10.2 Å². The zero-order valence-corrected chi connectivity index (χ0v) is 12.4. The lowest BCUT2D eigenvalue weighted by Gasteiger charge is -2.27. The van der Waals surface area contributed by atoms with Crippen LogP contribution in [-0.4, -0.2) is 34.4 Å². The Morgan fingerprint density at radius 2 is 2.11 bits per heavy atom. The van der Waals surface area contributed by atoms with E-state index >= 15 is 0 Å². The smallest absolute Gasteiger partial charge is 0.224 e. The molecule has 0 atom stereocenters. The Morgan fingerprint density at radius 1 is 1.37 bits per heavy atom. The molecule has 0 saturated carbocycles. The number of carbonyl (C=O) groups excluding carboxylic acids is 1. The van der Waals surface area contributed by atoms with Gasteiger partial charge in [0.25, 0.3) is 0 Å². The Hall–Kier alpha value is -1.42. The van der Waals surface area contributed by atoms with Crippen molar-refractivity contribution in [3.63, 3.8) is 0 Å². The van der Waals surface area contributed by atoms with Crippen molar-refractivity contribution in [1.82, 2.24) is 15.2 Å². The number of aromatic nitrogens is 1. The summed E-state index contributed by atoms with van der Waals surface area (Å²) in [4.78, 5) is 18.2. The standard InChI is InChI=1S/C15H25N3O/c1-12(2)17-9-7-15(19)18(13(3)4)11-14-6-5-8-16-10-14/h5-6,8,10,12-13,17H,7,9,11H2,1-4H3. The largest absolute Gasteiger partial charge is 0.336 e. The molecule has 0 aromatic carbocycles. The SMILES string of the molecule is CC(C)NCCC(=O)N(Cc1cccnc1)C(C)C. The van der Waals surface area contributed by atoms with E-state index in [1.165, 1.54) is 0 Å². The van der Waals surface area contributed by atoms with Gasteiger partial charge in [0.1, 0.15) is 0 Å². The molecular weight excluding hydrogens is 238 g/mol. The second-order valence-electron chi connectivity index (χ2n) is 5.34. The van der Waals surface area contributed by atoms with Gasteiger partial charge in [-0.1, -0.05) is 19.9 Å². The highest BCUT2D eigenvalue weighted by Gasteiger charge is 2.16. The molecule has 1 aromatic heterocycles. The molecule has 0 aliphatic rings. The number of nitrogens with one attached hydrogen (secondary N) is 1. The van der Waals surface area contributed by atoms with E-state index in [9.17, 15) is 4.79 Å². The van der Waals surface area contributed by atoms with Crippen molar-refractivity contribution in [2.24, 2.45) is 0 Å². The van der Waals surface area contributed by atoms with Gasteiger partial charge in [-0.05, 0) is 25.5 Å². The van der Waals surface area contributed by atoms with Gasteiger partial charge >= 0.3 is 0 Å². The number of nitrogens with zero attached hydrogens (tertiary/aromatic N) is 2. The van der Waals surface area contributed by atoms with E-state index < -0.39 is 0 Å². The third-order valence-electron chi connectivity index (χ3n) is 2.91. The van der Waals surface area contributed by atoms with Crippen molar-refractivity contribution in [1.29, 1.82) is 0 Å². The quantitative estimate of drug-likeness (QED) is 0.820. The van der Waals surface area contributed by atoms with E-state index in [2.05, 4.69) is 24.1 Å². The number of amides is 1. The van der Waals surface area contributed by atoms with E-state index in [4.69, 9.17) is 0 Å². The summed E-state index contributed by atoms with van der Waals surface area (Å²) in [7, 11) is 0. The summed E-state index contributed by atoms with van der Waals surface area (Å²) in [6, 6.07) is 4.52. The number of pyridine rings is 1. The summed E-state index contributed by atoms with van der Waals surface area (Å²) in [6.07, 6.45) is 4.10. The van der Waals surface area contributed by atoms with Gasteiger partial charge in [0.2, 0.25) is 5.91 Å². The zero-order valence-electron chi connectivity index (χ0n) is 12.4. The summed E-state index contributed by atoms with van der Waals surface area (Å²) >= 11 is 0. The molecule has 0 aliphatic carbocycles. The molecule has 0 bridgehead atoms. The molecule has 4 heteroatoms. The first-order chi connectivity index (χ1) is 9.00. The van der Waals surface area contributed by atoms with Crippen LogP contribution in [-0.2, 0) is 11.3 Å². The Bertz CT molecular complexity index is 376. The summed E-state index contributed by atoms with van der Waals surface area (Å²) in [6.45, 7) is 9.62. The normalized spacial score (nSPS) is 11.1. The molecule has 1 aromatic rings. The maximum Gasteiger partial charge on any atom is 0.224 e. The summed E-state index contributed by atoms with van der Waals surface area (Å²) in [5, 5.41) is 3.27. The minimum Gasteiger partial charge on any atom is -0.336 e. The highest BCUT2D eigenvalue weighted by Crippen LogP contribution is 2.08. The minimum atomic E-state index is 0.187. The third kappa shape index (κ3) is 5.83. The fourth-order valence-corrected chi connectivity index (χ4v) is 1.86. The van der Waals surface area contributed by atoms with Crippen molar-refractivity contribution < 1.29 is 4.79 Å². The topological polar surface area (TPSA) is 45.2 Å².